The first kappa shape index (κ1) is 12.0. The Morgan fingerprint density at radius 1 is 1.16 bits per heavy atom. The van der Waals surface area contributed by atoms with Crippen LogP contribution < -0.4 is 0 Å². The Balaban J connectivity index is 1.79. The lowest BCUT2D eigenvalue weighted by atomic mass is 10.0. The number of benzene rings is 1. The molecule has 0 spiro atoms. The number of carbonyl (C=O) groups excluding carboxylic acids is 1. The van der Waals surface area contributed by atoms with Crippen LogP contribution in [0.1, 0.15) is 21.7 Å². The van der Waals surface area contributed by atoms with Crippen molar-refractivity contribution in [1.29, 1.82) is 0 Å². The molecule has 0 unspecified atom stereocenters. The van der Waals surface area contributed by atoms with Crippen molar-refractivity contribution < 1.29 is 4.79 Å². The van der Waals surface area contributed by atoms with Gasteiger partial charge in [0.1, 0.15) is 0 Å². The van der Waals surface area contributed by atoms with E-state index >= 15 is 0 Å². The third-order valence-corrected chi connectivity index (χ3v) is 3.72. The van der Waals surface area contributed by atoms with Gasteiger partial charge in [-0.1, -0.05) is 24.3 Å². The Labute approximate surface area is 112 Å². The average Bonchev–Trinajstić information content (AvgIpc) is 2.74. The number of hydrogen-bond acceptors (Lipinski definition) is 2. The van der Waals surface area contributed by atoms with Crippen molar-refractivity contribution in [1.82, 2.24) is 14.5 Å². The fourth-order valence-electron chi connectivity index (χ4n) is 2.58. The molecule has 2 aromatic rings. The van der Waals surface area contributed by atoms with Crippen LogP contribution in [0.4, 0.5) is 0 Å². The number of aryl methyl sites for hydroxylation is 1. The molecule has 98 valence electrons. The standard InChI is InChI=1S/C15H17N3O/c1-17-11-8-16-14(17)15(19)18-9-6-12-4-2-3-5-13(12)7-10-18/h2-5,8,11H,6-7,9-10H2,1H3. The zero-order valence-corrected chi connectivity index (χ0v) is 11.0. The molecule has 4 nitrogen and oxygen atoms in total. The molecule has 1 aliphatic rings. The summed E-state index contributed by atoms with van der Waals surface area (Å²) < 4.78 is 1.78. The fourth-order valence-corrected chi connectivity index (χ4v) is 2.58. The second-order valence-corrected chi connectivity index (χ2v) is 4.92. The maximum atomic E-state index is 12.4. The van der Waals surface area contributed by atoms with E-state index in [4.69, 9.17) is 0 Å². The number of nitrogens with zero attached hydrogens (tertiary/aromatic N) is 3. The molecule has 0 N–H and O–H groups in total. The number of fused-ring (bicyclic) bond motifs is 1. The van der Waals surface area contributed by atoms with Gasteiger partial charge in [0.2, 0.25) is 0 Å². The highest BCUT2D eigenvalue weighted by atomic mass is 16.2. The van der Waals surface area contributed by atoms with Gasteiger partial charge in [-0.05, 0) is 24.0 Å². The van der Waals surface area contributed by atoms with Crippen molar-refractivity contribution in [2.45, 2.75) is 12.8 Å². The summed E-state index contributed by atoms with van der Waals surface area (Å²) in [6.45, 7) is 1.53. The van der Waals surface area contributed by atoms with E-state index in [1.165, 1.54) is 11.1 Å². The average molecular weight is 255 g/mol. The Bertz CT molecular complexity index is 576. The summed E-state index contributed by atoms with van der Waals surface area (Å²) in [7, 11) is 1.85. The molecule has 3 rings (SSSR count). The quantitative estimate of drug-likeness (QED) is 0.777. The third-order valence-electron chi connectivity index (χ3n) is 3.72. The highest BCUT2D eigenvalue weighted by Gasteiger charge is 2.21. The number of rotatable bonds is 1. The van der Waals surface area contributed by atoms with E-state index in [1.807, 2.05) is 11.9 Å². The summed E-state index contributed by atoms with van der Waals surface area (Å²) in [5, 5.41) is 0. The van der Waals surface area contributed by atoms with Crippen molar-refractivity contribution >= 4 is 5.91 Å². The minimum absolute atomic E-state index is 0.0281. The van der Waals surface area contributed by atoms with Crippen LogP contribution in [0, 0.1) is 0 Å². The number of aromatic nitrogens is 2. The molecule has 1 amide bonds. The molecule has 1 aromatic carbocycles. The monoisotopic (exact) mass is 255 g/mol. The molecule has 0 saturated heterocycles. The van der Waals surface area contributed by atoms with Crippen molar-refractivity contribution in [3.05, 3.63) is 53.6 Å². The highest BCUT2D eigenvalue weighted by molar-refractivity contribution is 5.90. The minimum atomic E-state index is 0.0281. The van der Waals surface area contributed by atoms with Gasteiger partial charge in [-0.2, -0.15) is 0 Å². The van der Waals surface area contributed by atoms with Crippen LogP contribution in [0.15, 0.2) is 36.7 Å². The van der Waals surface area contributed by atoms with Gasteiger partial charge in [-0.3, -0.25) is 4.79 Å². The molecule has 0 aliphatic carbocycles. The molecular formula is C15H17N3O. The van der Waals surface area contributed by atoms with E-state index in [0.29, 0.717) is 5.82 Å². The molecule has 0 fully saturated rings. The maximum absolute atomic E-state index is 12.4. The van der Waals surface area contributed by atoms with E-state index < -0.39 is 0 Å². The molecule has 2 heterocycles. The molecule has 0 atom stereocenters. The largest absolute Gasteiger partial charge is 0.335 e. The van der Waals surface area contributed by atoms with Gasteiger partial charge in [0.25, 0.3) is 5.91 Å². The zero-order valence-electron chi connectivity index (χ0n) is 11.0. The molecule has 1 aromatic heterocycles. The number of amides is 1. The fraction of sp³-hybridized carbons (Fsp3) is 0.333. The summed E-state index contributed by atoms with van der Waals surface area (Å²) >= 11 is 0. The van der Waals surface area contributed by atoms with Crippen LogP contribution >= 0.6 is 0 Å². The van der Waals surface area contributed by atoms with Gasteiger partial charge in [-0.15, -0.1) is 0 Å². The normalized spacial score (nSPS) is 14.9. The van der Waals surface area contributed by atoms with Crippen molar-refractivity contribution in [3.8, 4) is 0 Å². The van der Waals surface area contributed by atoms with Crippen LogP contribution in [0.3, 0.4) is 0 Å². The Morgan fingerprint density at radius 2 is 1.79 bits per heavy atom. The van der Waals surface area contributed by atoms with E-state index in [0.717, 1.165) is 25.9 Å². The molecule has 19 heavy (non-hydrogen) atoms. The predicted octanol–water partition coefficient (Wildman–Crippen LogP) is 1.66. The van der Waals surface area contributed by atoms with Crippen LogP contribution in [-0.2, 0) is 19.9 Å². The minimum Gasteiger partial charge on any atom is -0.335 e. The van der Waals surface area contributed by atoms with E-state index in [-0.39, 0.29) is 5.91 Å². The van der Waals surface area contributed by atoms with Crippen LogP contribution in [0.2, 0.25) is 0 Å². The van der Waals surface area contributed by atoms with Gasteiger partial charge in [0, 0.05) is 32.5 Å². The van der Waals surface area contributed by atoms with Crippen molar-refractivity contribution in [2.24, 2.45) is 7.05 Å². The Hall–Kier alpha value is -2.10. The summed E-state index contributed by atoms with van der Waals surface area (Å²) in [6.07, 6.45) is 5.32. The molecule has 4 heteroatoms. The van der Waals surface area contributed by atoms with Gasteiger partial charge >= 0.3 is 0 Å². The van der Waals surface area contributed by atoms with Gasteiger partial charge in [0.05, 0.1) is 0 Å². The number of carbonyl (C=O) groups is 1. The van der Waals surface area contributed by atoms with E-state index in [9.17, 15) is 4.79 Å². The molecule has 0 radical (unpaired) electrons. The third kappa shape index (κ3) is 2.26. The molecule has 0 saturated carbocycles. The SMILES string of the molecule is Cn1ccnc1C(=O)N1CCc2ccccc2CC1. The first-order valence-corrected chi connectivity index (χ1v) is 6.59. The van der Waals surface area contributed by atoms with Crippen molar-refractivity contribution in [3.63, 3.8) is 0 Å². The lowest BCUT2D eigenvalue weighted by molar-refractivity contribution is 0.0747. The second-order valence-electron chi connectivity index (χ2n) is 4.92. The van der Waals surface area contributed by atoms with Gasteiger partial charge < -0.3 is 9.47 Å². The zero-order chi connectivity index (χ0) is 13.2. The van der Waals surface area contributed by atoms with Crippen LogP contribution in [0.25, 0.3) is 0 Å². The molecule has 0 bridgehead atoms. The predicted molar refractivity (Wildman–Crippen MR) is 73.0 cm³/mol. The van der Waals surface area contributed by atoms with Gasteiger partial charge in [-0.25, -0.2) is 4.98 Å². The topological polar surface area (TPSA) is 38.1 Å². The van der Waals surface area contributed by atoms with E-state index in [1.54, 1.807) is 17.0 Å². The summed E-state index contributed by atoms with van der Waals surface area (Å²) in [6, 6.07) is 8.44. The van der Waals surface area contributed by atoms with Crippen molar-refractivity contribution in [2.75, 3.05) is 13.1 Å². The van der Waals surface area contributed by atoms with Crippen LogP contribution in [-0.4, -0.2) is 33.4 Å². The Morgan fingerprint density at radius 3 is 2.32 bits per heavy atom. The first-order valence-electron chi connectivity index (χ1n) is 6.59. The summed E-state index contributed by atoms with van der Waals surface area (Å²) in [5.41, 5.74) is 2.72. The number of hydrogen-bond donors (Lipinski definition) is 0. The first-order chi connectivity index (χ1) is 9.25. The summed E-state index contributed by atoms with van der Waals surface area (Å²) in [4.78, 5) is 18.5. The molecule has 1 aliphatic heterocycles. The van der Waals surface area contributed by atoms with Gasteiger partial charge in [0.15, 0.2) is 5.82 Å². The van der Waals surface area contributed by atoms with E-state index in [2.05, 4.69) is 29.2 Å². The van der Waals surface area contributed by atoms with Crippen LogP contribution in [0.5, 0.6) is 0 Å². The maximum Gasteiger partial charge on any atom is 0.289 e. The smallest absolute Gasteiger partial charge is 0.289 e. The highest BCUT2D eigenvalue weighted by Crippen LogP contribution is 2.16. The Kier molecular flexibility index (Phi) is 3.07. The lowest BCUT2D eigenvalue weighted by Crippen LogP contribution is -2.34. The second kappa shape index (κ2) is 4.88. The molecular weight excluding hydrogens is 238 g/mol. The number of imidazole rings is 1. The lowest BCUT2D eigenvalue weighted by Gasteiger charge is -2.19. The summed E-state index contributed by atoms with van der Waals surface area (Å²) in [5.74, 6) is 0.547.